The average molecular weight is 302 g/mol. The smallest absolute Gasteiger partial charge is 0.334 e. The lowest BCUT2D eigenvalue weighted by molar-refractivity contribution is -0.141. The van der Waals surface area contributed by atoms with E-state index < -0.39 is 17.8 Å². The summed E-state index contributed by atoms with van der Waals surface area (Å²) in [6.45, 7) is 7.15. The van der Waals surface area contributed by atoms with Crippen LogP contribution in [0.1, 0.15) is 54.1 Å². The lowest BCUT2D eigenvalue weighted by Gasteiger charge is -2.31. The van der Waals surface area contributed by atoms with Gasteiger partial charge in [0, 0.05) is 23.8 Å². The number of pyridine rings is 1. The topological polar surface area (TPSA) is 50.3 Å². The SMILES string of the molecule is CC(C)N(C(=O)c1cnc(C(F)(F)F)cc1C=O)C(C)C. The fraction of sp³-hybridized carbons (Fsp3) is 0.500. The van der Waals surface area contributed by atoms with Gasteiger partial charge in [-0.05, 0) is 33.8 Å². The molecule has 21 heavy (non-hydrogen) atoms. The van der Waals surface area contributed by atoms with Crippen molar-refractivity contribution in [3.63, 3.8) is 0 Å². The predicted octanol–water partition coefficient (Wildman–Crippen LogP) is 3.17. The second-order valence-corrected chi connectivity index (χ2v) is 5.17. The molecule has 1 amide bonds. The lowest BCUT2D eigenvalue weighted by atomic mass is 10.1. The van der Waals surface area contributed by atoms with Gasteiger partial charge in [0.05, 0.1) is 5.56 Å². The van der Waals surface area contributed by atoms with Crippen molar-refractivity contribution in [3.05, 3.63) is 29.1 Å². The minimum atomic E-state index is -4.66. The molecule has 0 fully saturated rings. The highest BCUT2D eigenvalue weighted by atomic mass is 19.4. The predicted molar refractivity (Wildman–Crippen MR) is 71.1 cm³/mol. The molecule has 1 heterocycles. The number of hydrogen-bond acceptors (Lipinski definition) is 3. The maximum absolute atomic E-state index is 12.6. The monoisotopic (exact) mass is 302 g/mol. The van der Waals surface area contributed by atoms with E-state index in [1.165, 1.54) is 4.90 Å². The molecule has 0 bridgehead atoms. The van der Waals surface area contributed by atoms with Crippen LogP contribution in [0.15, 0.2) is 12.3 Å². The van der Waals surface area contributed by atoms with Gasteiger partial charge in [-0.3, -0.25) is 14.6 Å². The van der Waals surface area contributed by atoms with Crippen LogP contribution in [0.25, 0.3) is 0 Å². The van der Waals surface area contributed by atoms with E-state index in [1.807, 2.05) is 0 Å². The zero-order valence-electron chi connectivity index (χ0n) is 12.2. The zero-order valence-corrected chi connectivity index (χ0v) is 12.2. The van der Waals surface area contributed by atoms with Crippen molar-refractivity contribution in [2.75, 3.05) is 0 Å². The number of hydrogen-bond donors (Lipinski definition) is 0. The van der Waals surface area contributed by atoms with Crippen molar-refractivity contribution in [2.24, 2.45) is 0 Å². The van der Waals surface area contributed by atoms with Crippen LogP contribution in [0, 0.1) is 0 Å². The Labute approximate surface area is 121 Å². The summed E-state index contributed by atoms with van der Waals surface area (Å²) in [6.07, 6.45) is -3.61. The molecule has 1 aromatic heterocycles. The number of aromatic nitrogens is 1. The Kier molecular flexibility index (Phi) is 5.09. The number of carbonyl (C=O) groups excluding carboxylic acids is 2. The van der Waals surface area contributed by atoms with Gasteiger partial charge in [0.1, 0.15) is 5.69 Å². The third-order valence-corrected chi connectivity index (χ3v) is 2.93. The molecule has 0 unspecified atom stereocenters. The molecule has 0 aliphatic rings. The molecule has 1 aromatic rings. The highest BCUT2D eigenvalue weighted by Gasteiger charge is 2.34. The van der Waals surface area contributed by atoms with Gasteiger partial charge in [-0.2, -0.15) is 13.2 Å². The van der Waals surface area contributed by atoms with Crippen LogP contribution in [0.4, 0.5) is 13.2 Å². The fourth-order valence-electron chi connectivity index (χ4n) is 2.11. The number of halogens is 3. The van der Waals surface area contributed by atoms with E-state index in [-0.39, 0.29) is 29.5 Å². The fourth-order valence-corrected chi connectivity index (χ4v) is 2.11. The van der Waals surface area contributed by atoms with Gasteiger partial charge in [-0.1, -0.05) is 0 Å². The van der Waals surface area contributed by atoms with Crippen molar-refractivity contribution < 1.29 is 22.8 Å². The highest BCUT2D eigenvalue weighted by molar-refractivity contribution is 6.01. The molecule has 0 aliphatic carbocycles. The Morgan fingerprint density at radius 2 is 1.76 bits per heavy atom. The van der Waals surface area contributed by atoms with E-state index in [4.69, 9.17) is 0 Å². The van der Waals surface area contributed by atoms with E-state index in [9.17, 15) is 22.8 Å². The molecule has 0 N–H and O–H groups in total. The van der Waals surface area contributed by atoms with Crippen LogP contribution in [0.5, 0.6) is 0 Å². The summed E-state index contributed by atoms with van der Waals surface area (Å²) in [5.41, 5.74) is -1.63. The van der Waals surface area contributed by atoms with E-state index in [0.29, 0.717) is 6.07 Å². The van der Waals surface area contributed by atoms with Crippen LogP contribution in [-0.4, -0.2) is 34.2 Å². The van der Waals surface area contributed by atoms with E-state index in [1.54, 1.807) is 27.7 Å². The molecule has 0 saturated heterocycles. The van der Waals surface area contributed by atoms with Gasteiger partial charge < -0.3 is 4.90 Å². The molecule has 116 valence electrons. The third kappa shape index (κ3) is 3.80. The summed E-state index contributed by atoms with van der Waals surface area (Å²) in [7, 11) is 0. The van der Waals surface area contributed by atoms with Crippen molar-refractivity contribution in [1.29, 1.82) is 0 Å². The standard InChI is InChI=1S/C14H17F3N2O2/c1-8(2)19(9(3)4)13(21)11-6-18-12(14(15,16)17)5-10(11)7-20/h5-9H,1-4H3. The Hall–Kier alpha value is -1.92. The molecular weight excluding hydrogens is 285 g/mol. The second kappa shape index (κ2) is 6.24. The summed E-state index contributed by atoms with van der Waals surface area (Å²) >= 11 is 0. The Bertz CT molecular complexity index is 532. The molecule has 0 aliphatic heterocycles. The highest BCUT2D eigenvalue weighted by Crippen LogP contribution is 2.28. The number of aldehydes is 1. The van der Waals surface area contributed by atoms with Crippen LogP contribution >= 0.6 is 0 Å². The number of rotatable bonds is 4. The normalized spacial score (nSPS) is 11.9. The molecule has 7 heteroatoms. The summed E-state index contributed by atoms with van der Waals surface area (Å²) in [4.78, 5) is 28.2. The molecule has 0 spiro atoms. The number of amides is 1. The zero-order chi connectivity index (χ0) is 16.4. The van der Waals surface area contributed by atoms with E-state index in [2.05, 4.69) is 4.98 Å². The number of nitrogens with zero attached hydrogens (tertiary/aromatic N) is 2. The molecule has 1 rings (SSSR count). The molecule has 0 saturated carbocycles. The lowest BCUT2D eigenvalue weighted by Crippen LogP contribution is -2.42. The molecule has 4 nitrogen and oxygen atoms in total. The van der Waals surface area contributed by atoms with Gasteiger partial charge >= 0.3 is 6.18 Å². The molecular formula is C14H17F3N2O2. The third-order valence-electron chi connectivity index (χ3n) is 2.93. The van der Waals surface area contributed by atoms with Crippen LogP contribution in [-0.2, 0) is 6.18 Å². The average Bonchev–Trinajstić information content (AvgIpc) is 2.35. The molecule has 0 radical (unpaired) electrons. The summed E-state index contributed by atoms with van der Waals surface area (Å²) in [5.74, 6) is -0.511. The van der Waals surface area contributed by atoms with Crippen LogP contribution in [0.2, 0.25) is 0 Å². The first-order valence-electron chi connectivity index (χ1n) is 6.44. The molecule has 0 aromatic carbocycles. The largest absolute Gasteiger partial charge is 0.433 e. The minimum absolute atomic E-state index is 0.125. The van der Waals surface area contributed by atoms with Crippen LogP contribution < -0.4 is 0 Å². The van der Waals surface area contributed by atoms with Gasteiger partial charge in [-0.15, -0.1) is 0 Å². The second-order valence-electron chi connectivity index (χ2n) is 5.17. The van der Waals surface area contributed by atoms with Gasteiger partial charge in [0.25, 0.3) is 5.91 Å². The van der Waals surface area contributed by atoms with Crippen LogP contribution in [0.3, 0.4) is 0 Å². The first-order chi connectivity index (χ1) is 9.59. The summed E-state index contributed by atoms with van der Waals surface area (Å²) < 4.78 is 37.7. The first kappa shape index (κ1) is 17.1. The minimum Gasteiger partial charge on any atom is -0.334 e. The maximum Gasteiger partial charge on any atom is 0.433 e. The molecule has 0 atom stereocenters. The number of alkyl halides is 3. The summed E-state index contributed by atoms with van der Waals surface area (Å²) in [5, 5.41) is 0. The quantitative estimate of drug-likeness (QED) is 0.803. The first-order valence-corrected chi connectivity index (χ1v) is 6.44. The Morgan fingerprint density at radius 1 is 1.24 bits per heavy atom. The van der Waals surface area contributed by atoms with Gasteiger partial charge in [0.2, 0.25) is 0 Å². The van der Waals surface area contributed by atoms with Crippen molar-refractivity contribution in [3.8, 4) is 0 Å². The maximum atomic E-state index is 12.6. The van der Waals surface area contributed by atoms with Crippen molar-refractivity contribution in [1.82, 2.24) is 9.88 Å². The van der Waals surface area contributed by atoms with E-state index in [0.717, 1.165) is 6.20 Å². The van der Waals surface area contributed by atoms with Gasteiger partial charge in [-0.25, -0.2) is 0 Å². The van der Waals surface area contributed by atoms with Crippen molar-refractivity contribution >= 4 is 12.2 Å². The van der Waals surface area contributed by atoms with Crippen molar-refractivity contribution in [2.45, 2.75) is 46.0 Å². The number of carbonyl (C=O) groups is 2. The van der Waals surface area contributed by atoms with Gasteiger partial charge in [0.15, 0.2) is 6.29 Å². The van der Waals surface area contributed by atoms with E-state index >= 15 is 0 Å². The Morgan fingerprint density at radius 3 is 2.14 bits per heavy atom. The Balaban J connectivity index is 3.30. The summed E-state index contributed by atoms with van der Waals surface area (Å²) in [6, 6.07) is 0.289.